The number of nitrogens with one attached hydrogen (secondary N) is 2. The first-order valence-electron chi connectivity index (χ1n) is 14.4. The van der Waals surface area contributed by atoms with E-state index in [1.165, 1.54) is 19.2 Å². The lowest BCUT2D eigenvalue weighted by Crippen LogP contribution is -2.44. The van der Waals surface area contributed by atoms with Gasteiger partial charge in [-0.2, -0.15) is 0 Å². The van der Waals surface area contributed by atoms with Gasteiger partial charge in [-0.15, -0.1) is 0 Å². The van der Waals surface area contributed by atoms with Crippen LogP contribution in [-0.2, 0) is 35.9 Å². The van der Waals surface area contributed by atoms with Gasteiger partial charge in [0.15, 0.2) is 11.4 Å². The number of rotatable bonds is 3. The van der Waals surface area contributed by atoms with Gasteiger partial charge >= 0.3 is 12.1 Å². The van der Waals surface area contributed by atoms with Crippen molar-refractivity contribution in [3.63, 3.8) is 0 Å². The molecule has 228 valence electrons. The molecule has 3 aromatic rings. The molecule has 4 heterocycles. The van der Waals surface area contributed by atoms with E-state index >= 15 is 4.39 Å². The summed E-state index contributed by atoms with van der Waals surface area (Å²) < 4.78 is 25.8. The van der Waals surface area contributed by atoms with Gasteiger partial charge in [-0.25, -0.2) is 9.18 Å². The standard InChI is InChI=1S/C32H30ClFN4O6/c1-43-27(40)16-18-9-10-19-22-6-4-7-23(35-22)20(5-2-3-8-26(39)36-25(19)15-18)30(41)38-14-13-32(17-38)28-24(37-31(42)44-32)12-11-21(33)29(28)34/h4,6-7,9-12,15,20H,2-3,5,8,13-14,16-17H2,1H3,(H,36,39)(H,37,42)/t20?,32-/m0/s1. The van der Waals surface area contributed by atoms with Crippen molar-refractivity contribution >= 4 is 46.9 Å². The summed E-state index contributed by atoms with van der Waals surface area (Å²) in [5.41, 5.74) is 1.97. The van der Waals surface area contributed by atoms with Crippen LogP contribution in [0.15, 0.2) is 48.5 Å². The van der Waals surface area contributed by atoms with Crippen LogP contribution < -0.4 is 10.6 Å². The van der Waals surface area contributed by atoms with Gasteiger partial charge in [-0.05, 0) is 48.7 Å². The zero-order valence-electron chi connectivity index (χ0n) is 24.0. The first kappa shape index (κ1) is 29.6. The monoisotopic (exact) mass is 620 g/mol. The van der Waals surface area contributed by atoms with E-state index < -0.39 is 29.4 Å². The van der Waals surface area contributed by atoms with Crippen LogP contribution in [-0.4, -0.2) is 54.0 Å². The molecule has 1 saturated heterocycles. The van der Waals surface area contributed by atoms with E-state index in [0.717, 1.165) is 0 Å². The minimum atomic E-state index is -1.37. The van der Waals surface area contributed by atoms with E-state index in [4.69, 9.17) is 26.1 Å². The molecule has 6 rings (SSSR count). The number of pyridine rings is 1. The van der Waals surface area contributed by atoms with Crippen LogP contribution >= 0.6 is 11.6 Å². The molecule has 3 amide bonds. The Hall–Kier alpha value is -4.51. The third-order valence-corrected chi connectivity index (χ3v) is 8.69. The van der Waals surface area contributed by atoms with Crippen molar-refractivity contribution in [1.29, 1.82) is 0 Å². The molecule has 3 aliphatic rings. The minimum Gasteiger partial charge on any atom is -0.469 e. The molecule has 1 aromatic heterocycles. The van der Waals surface area contributed by atoms with Crippen LogP contribution in [0.2, 0.25) is 5.02 Å². The number of amides is 3. The van der Waals surface area contributed by atoms with Crippen molar-refractivity contribution in [2.24, 2.45) is 0 Å². The molecule has 1 unspecified atom stereocenters. The Morgan fingerprint density at radius 1 is 1.14 bits per heavy atom. The van der Waals surface area contributed by atoms with E-state index in [1.54, 1.807) is 35.2 Å². The van der Waals surface area contributed by atoms with E-state index in [9.17, 15) is 19.2 Å². The number of hydrogen-bond donors (Lipinski definition) is 2. The summed E-state index contributed by atoms with van der Waals surface area (Å²) in [5.74, 6) is -2.14. The molecule has 0 aliphatic carbocycles. The molecule has 2 bridgehead atoms. The summed E-state index contributed by atoms with van der Waals surface area (Å²) in [4.78, 5) is 57.8. The molecule has 2 atom stereocenters. The van der Waals surface area contributed by atoms with Crippen LogP contribution in [0.5, 0.6) is 0 Å². The van der Waals surface area contributed by atoms with E-state index in [1.807, 2.05) is 6.07 Å². The lowest BCUT2D eigenvalue weighted by Gasteiger charge is -2.36. The minimum absolute atomic E-state index is 0.0338. The number of aromatic nitrogens is 1. The Morgan fingerprint density at radius 3 is 2.80 bits per heavy atom. The van der Waals surface area contributed by atoms with Crippen molar-refractivity contribution in [1.82, 2.24) is 9.88 Å². The third-order valence-electron chi connectivity index (χ3n) is 8.40. The van der Waals surface area contributed by atoms with Crippen LogP contribution in [0, 0.1) is 5.82 Å². The number of halogens is 2. The first-order chi connectivity index (χ1) is 21.2. The van der Waals surface area contributed by atoms with Gasteiger partial charge in [0.2, 0.25) is 11.8 Å². The van der Waals surface area contributed by atoms with Crippen molar-refractivity contribution in [2.75, 3.05) is 30.8 Å². The van der Waals surface area contributed by atoms with Crippen molar-refractivity contribution in [3.05, 3.63) is 76.2 Å². The Labute approximate surface area is 257 Å². The first-order valence-corrected chi connectivity index (χ1v) is 14.8. The zero-order chi connectivity index (χ0) is 31.0. The number of carbonyl (C=O) groups is 4. The molecule has 1 spiro atoms. The Kier molecular flexibility index (Phi) is 7.98. The molecule has 1 fully saturated rings. The topological polar surface area (TPSA) is 127 Å². The second-order valence-corrected chi connectivity index (χ2v) is 11.6. The van der Waals surface area contributed by atoms with Crippen LogP contribution in [0.1, 0.15) is 54.8 Å². The van der Waals surface area contributed by atoms with Crippen molar-refractivity contribution in [3.8, 4) is 11.3 Å². The second kappa shape index (κ2) is 11.9. The Balaban J connectivity index is 1.33. The summed E-state index contributed by atoms with van der Waals surface area (Å²) in [7, 11) is 1.32. The van der Waals surface area contributed by atoms with Gasteiger partial charge in [0.05, 0.1) is 59.3 Å². The number of methoxy groups -OCH3 is 1. The van der Waals surface area contributed by atoms with Gasteiger partial charge in [-0.3, -0.25) is 24.7 Å². The molecule has 3 aliphatic heterocycles. The summed E-state index contributed by atoms with van der Waals surface area (Å²) in [6, 6.07) is 13.6. The molecular formula is C32H30ClFN4O6. The maximum Gasteiger partial charge on any atom is 0.412 e. The SMILES string of the molecule is COC(=O)Cc1ccc2c(c1)NC(=O)CCCCC(C(=O)N1CC[C@@]3(C1)OC(=O)Nc1ccc(Cl)c(F)c13)c1cccc-2n1. The zero-order valence-corrected chi connectivity index (χ0v) is 24.7. The highest BCUT2D eigenvalue weighted by Crippen LogP contribution is 2.46. The summed E-state index contributed by atoms with van der Waals surface area (Å²) in [6.45, 7) is 0.204. The van der Waals surface area contributed by atoms with Crippen LogP contribution in [0.4, 0.5) is 20.6 Å². The van der Waals surface area contributed by atoms with Crippen LogP contribution in [0.3, 0.4) is 0 Å². The van der Waals surface area contributed by atoms with E-state index in [2.05, 4.69) is 10.6 Å². The smallest absolute Gasteiger partial charge is 0.412 e. The Morgan fingerprint density at radius 2 is 1.98 bits per heavy atom. The van der Waals surface area contributed by atoms with Crippen LogP contribution in [0.25, 0.3) is 11.3 Å². The predicted molar refractivity (Wildman–Crippen MR) is 160 cm³/mol. The predicted octanol–water partition coefficient (Wildman–Crippen LogP) is 5.54. The number of hydrogen-bond acceptors (Lipinski definition) is 7. The fourth-order valence-electron chi connectivity index (χ4n) is 6.25. The number of ether oxygens (including phenoxy) is 2. The maximum atomic E-state index is 15.3. The fraction of sp³-hybridized carbons (Fsp3) is 0.344. The second-order valence-electron chi connectivity index (χ2n) is 11.2. The Bertz CT molecular complexity index is 1680. The number of benzene rings is 2. The lowest BCUT2D eigenvalue weighted by atomic mass is 9.89. The molecule has 44 heavy (non-hydrogen) atoms. The summed E-state index contributed by atoms with van der Waals surface area (Å²) in [5, 5.41) is 5.38. The van der Waals surface area contributed by atoms with Gasteiger partial charge < -0.3 is 19.7 Å². The number of nitrogens with zero attached hydrogens (tertiary/aromatic N) is 2. The van der Waals surface area contributed by atoms with Crippen molar-refractivity contribution in [2.45, 2.75) is 50.0 Å². The highest BCUT2D eigenvalue weighted by molar-refractivity contribution is 6.31. The molecule has 0 radical (unpaired) electrons. The lowest BCUT2D eigenvalue weighted by molar-refractivity contribution is -0.139. The number of esters is 1. The maximum absolute atomic E-state index is 15.3. The normalized spacial score (nSPS) is 21.2. The summed E-state index contributed by atoms with van der Waals surface area (Å²) >= 11 is 6.09. The number of likely N-dealkylation sites (tertiary alicyclic amines) is 1. The molecule has 12 heteroatoms. The molecular weight excluding hydrogens is 591 g/mol. The van der Waals surface area contributed by atoms with E-state index in [-0.39, 0.29) is 60.4 Å². The molecule has 0 saturated carbocycles. The summed E-state index contributed by atoms with van der Waals surface area (Å²) in [6.07, 6.45) is 1.34. The van der Waals surface area contributed by atoms with E-state index in [0.29, 0.717) is 47.5 Å². The number of carbonyl (C=O) groups excluding carboxylic acids is 4. The quantitative estimate of drug-likeness (QED) is 0.368. The highest BCUT2D eigenvalue weighted by Gasteiger charge is 2.51. The van der Waals surface area contributed by atoms with Gasteiger partial charge in [0.25, 0.3) is 0 Å². The van der Waals surface area contributed by atoms with Gasteiger partial charge in [-0.1, -0.05) is 36.2 Å². The third kappa shape index (κ3) is 5.59. The molecule has 2 N–H and O–H groups in total. The molecule has 2 aromatic carbocycles. The average molecular weight is 621 g/mol. The van der Waals surface area contributed by atoms with Crippen molar-refractivity contribution < 1.29 is 33.0 Å². The highest BCUT2D eigenvalue weighted by atomic mass is 35.5. The average Bonchev–Trinajstić information content (AvgIpc) is 3.41. The van der Waals surface area contributed by atoms with Gasteiger partial charge in [0, 0.05) is 24.9 Å². The largest absolute Gasteiger partial charge is 0.469 e. The van der Waals surface area contributed by atoms with Gasteiger partial charge in [0.1, 0.15) is 0 Å². The molecule has 10 nitrogen and oxygen atoms in total. The number of anilines is 2. The number of fused-ring (bicyclic) bond motifs is 6. The fourth-order valence-corrected chi connectivity index (χ4v) is 6.41.